The third-order valence-electron chi connectivity index (χ3n) is 3.70. The van der Waals surface area contributed by atoms with E-state index in [0.29, 0.717) is 6.61 Å². The van der Waals surface area contributed by atoms with Gasteiger partial charge in [-0.1, -0.05) is 39.5 Å². The number of nitrogens with one attached hydrogen (secondary N) is 2. The molecule has 0 aromatic carbocycles. The van der Waals surface area contributed by atoms with Gasteiger partial charge < -0.3 is 15.4 Å². The van der Waals surface area contributed by atoms with Crippen molar-refractivity contribution in [2.45, 2.75) is 71.4 Å². The van der Waals surface area contributed by atoms with Crippen molar-refractivity contribution in [3.8, 4) is 0 Å². The molecule has 1 atom stereocenters. The SMILES string of the molecule is CCOC(=O)N[C@H](C(=O)NC1CCCCCC1)C(C)C. The highest BCUT2D eigenvalue weighted by atomic mass is 16.5. The van der Waals surface area contributed by atoms with Crippen LogP contribution < -0.4 is 10.6 Å². The minimum atomic E-state index is -0.530. The average Bonchev–Trinajstić information content (AvgIpc) is 2.64. The summed E-state index contributed by atoms with van der Waals surface area (Å²) in [6, 6.07) is -0.285. The summed E-state index contributed by atoms with van der Waals surface area (Å²) in [6.45, 7) is 5.89. The zero-order valence-corrected chi connectivity index (χ0v) is 12.9. The van der Waals surface area contributed by atoms with Gasteiger partial charge in [0.15, 0.2) is 0 Å². The van der Waals surface area contributed by atoms with Crippen molar-refractivity contribution in [2.24, 2.45) is 5.92 Å². The molecule has 1 aliphatic rings. The van der Waals surface area contributed by atoms with Gasteiger partial charge in [0.05, 0.1) is 6.61 Å². The van der Waals surface area contributed by atoms with E-state index in [4.69, 9.17) is 4.74 Å². The van der Waals surface area contributed by atoms with Gasteiger partial charge in [0.1, 0.15) is 6.04 Å². The molecule has 0 aliphatic heterocycles. The normalized spacial score (nSPS) is 18.2. The van der Waals surface area contributed by atoms with E-state index in [1.165, 1.54) is 25.7 Å². The predicted octanol–water partition coefficient (Wildman–Crippen LogP) is 2.60. The van der Waals surface area contributed by atoms with Crippen LogP contribution in [-0.2, 0) is 9.53 Å². The Balaban J connectivity index is 2.52. The molecule has 0 heterocycles. The Kier molecular flexibility index (Phi) is 7.41. The molecule has 20 heavy (non-hydrogen) atoms. The lowest BCUT2D eigenvalue weighted by Crippen LogP contribution is -2.52. The quantitative estimate of drug-likeness (QED) is 0.763. The Hall–Kier alpha value is -1.26. The molecule has 0 saturated heterocycles. The molecule has 0 aromatic rings. The van der Waals surface area contributed by atoms with Crippen LogP contribution in [-0.4, -0.2) is 30.7 Å². The number of amides is 2. The first kappa shape index (κ1) is 16.8. The molecule has 1 aliphatic carbocycles. The highest BCUT2D eigenvalue weighted by Gasteiger charge is 2.26. The maximum absolute atomic E-state index is 12.3. The molecule has 0 bridgehead atoms. The number of hydrogen-bond donors (Lipinski definition) is 2. The molecule has 5 heteroatoms. The molecule has 1 saturated carbocycles. The maximum atomic E-state index is 12.3. The van der Waals surface area contributed by atoms with Crippen LogP contribution >= 0.6 is 0 Å². The second-order valence-electron chi connectivity index (χ2n) is 5.78. The molecule has 1 fully saturated rings. The van der Waals surface area contributed by atoms with Crippen molar-refractivity contribution < 1.29 is 14.3 Å². The van der Waals surface area contributed by atoms with Crippen molar-refractivity contribution in [3.05, 3.63) is 0 Å². The molecule has 1 rings (SSSR count). The number of rotatable bonds is 5. The highest BCUT2D eigenvalue weighted by molar-refractivity contribution is 5.86. The molecular weight excluding hydrogens is 256 g/mol. The largest absolute Gasteiger partial charge is 0.450 e. The smallest absolute Gasteiger partial charge is 0.407 e. The Bertz CT molecular complexity index is 310. The first-order chi connectivity index (χ1) is 9.54. The van der Waals surface area contributed by atoms with E-state index in [2.05, 4.69) is 10.6 Å². The fourth-order valence-electron chi connectivity index (χ4n) is 2.55. The lowest BCUT2D eigenvalue weighted by molar-refractivity contribution is -0.124. The molecule has 0 spiro atoms. The van der Waals surface area contributed by atoms with Gasteiger partial charge in [-0.3, -0.25) is 4.79 Å². The molecule has 0 radical (unpaired) electrons. The van der Waals surface area contributed by atoms with Gasteiger partial charge in [0.25, 0.3) is 0 Å². The van der Waals surface area contributed by atoms with Crippen molar-refractivity contribution in [1.82, 2.24) is 10.6 Å². The first-order valence-electron chi connectivity index (χ1n) is 7.78. The third kappa shape index (κ3) is 5.80. The molecule has 0 aromatic heterocycles. The molecule has 2 N–H and O–H groups in total. The van der Waals surface area contributed by atoms with E-state index in [-0.39, 0.29) is 17.9 Å². The van der Waals surface area contributed by atoms with Crippen LogP contribution in [0, 0.1) is 5.92 Å². The van der Waals surface area contributed by atoms with Crippen LogP contribution in [0.3, 0.4) is 0 Å². The summed E-state index contributed by atoms with van der Waals surface area (Å²) in [5.74, 6) is -0.0647. The molecule has 5 nitrogen and oxygen atoms in total. The Labute approximate surface area is 121 Å². The average molecular weight is 284 g/mol. The van der Waals surface area contributed by atoms with E-state index >= 15 is 0 Å². The van der Waals surface area contributed by atoms with Gasteiger partial charge in [-0.2, -0.15) is 0 Å². The van der Waals surface area contributed by atoms with E-state index in [9.17, 15) is 9.59 Å². The summed E-state index contributed by atoms with van der Waals surface area (Å²) in [5, 5.41) is 5.73. The lowest BCUT2D eigenvalue weighted by atomic mass is 10.0. The number of ether oxygens (including phenoxy) is 1. The maximum Gasteiger partial charge on any atom is 0.407 e. The summed E-state index contributed by atoms with van der Waals surface area (Å²) in [4.78, 5) is 23.8. The Morgan fingerprint density at radius 2 is 1.75 bits per heavy atom. The third-order valence-corrected chi connectivity index (χ3v) is 3.70. The van der Waals surface area contributed by atoms with Crippen molar-refractivity contribution in [2.75, 3.05) is 6.61 Å². The van der Waals surface area contributed by atoms with Gasteiger partial charge in [0, 0.05) is 6.04 Å². The summed E-state index contributed by atoms with van der Waals surface area (Å²) in [5.41, 5.74) is 0. The second kappa shape index (κ2) is 8.82. The van der Waals surface area contributed by atoms with E-state index < -0.39 is 12.1 Å². The van der Waals surface area contributed by atoms with Gasteiger partial charge in [-0.05, 0) is 25.7 Å². The van der Waals surface area contributed by atoms with Gasteiger partial charge in [0.2, 0.25) is 5.91 Å². The predicted molar refractivity (Wildman–Crippen MR) is 78.4 cm³/mol. The number of carbonyl (C=O) groups excluding carboxylic acids is 2. The van der Waals surface area contributed by atoms with Gasteiger partial charge in [-0.15, -0.1) is 0 Å². The van der Waals surface area contributed by atoms with Crippen molar-refractivity contribution in [1.29, 1.82) is 0 Å². The lowest BCUT2D eigenvalue weighted by Gasteiger charge is -2.24. The van der Waals surface area contributed by atoms with Crippen LogP contribution in [0.15, 0.2) is 0 Å². The molecule has 2 amide bonds. The highest BCUT2D eigenvalue weighted by Crippen LogP contribution is 2.17. The fraction of sp³-hybridized carbons (Fsp3) is 0.867. The van der Waals surface area contributed by atoms with Gasteiger partial charge >= 0.3 is 6.09 Å². The summed E-state index contributed by atoms with van der Waals surface area (Å²) in [7, 11) is 0. The summed E-state index contributed by atoms with van der Waals surface area (Å²) in [6.07, 6.45) is 6.39. The van der Waals surface area contributed by atoms with Crippen LogP contribution in [0.25, 0.3) is 0 Å². The van der Waals surface area contributed by atoms with Gasteiger partial charge in [-0.25, -0.2) is 4.79 Å². The summed E-state index contributed by atoms with van der Waals surface area (Å²) < 4.78 is 4.85. The van der Waals surface area contributed by atoms with Crippen molar-refractivity contribution in [3.63, 3.8) is 0 Å². The monoisotopic (exact) mass is 284 g/mol. The van der Waals surface area contributed by atoms with Crippen LogP contribution in [0.5, 0.6) is 0 Å². The van der Waals surface area contributed by atoms with Crippen molar-refractivity contribution >= 4 is 12.0 Å². The van der Waals surface area contributed by atoms with Crippen LogP contribution in [0.4, 0.5) is 4.79 Å². The standard InChI is InChI=1S/C15H28N2O3/c1-4-20-15(19)17-13(11(2)3)14(18)16-12-9-7-5-6-8-10-12/h11-13H,4-10H2,1-3H3,(H,16,18)(H,17,19)/t13-/m0/s1. The number of carbonyl (C=O) groups is 2. The minimum Gasteiger partial charge on any atom is -0.450 e. The fourth-order valence-corrected chi connectivity index (χ4v) is 2.55. The molecule has 0 unspecified atom stereocenters. The topological polar surface area (TPSA) is 67.4 Å². The second-order valence-corrected chi connectivity index (χ2v) is 5.78. The number of hydrogen-bond acceptors (Lipinski definition) is 3. The number of alkyl carbamates (subject to hydrolysis) is 1. The van der Waals surface area contributed by atoms with E-state index in [1.54, 1.807) is 6.92 Å². The molecule has 116 valence electrons. The van der Waals surface area contributed by atoms with Crippen LogP contribution in [0.1, 0.15) is 59.3 Å². The Morgan fingerprint density at radius 3 is 2.25 bits per heavy atom. The summed E-state index contributed by atoms with van der Waals surface area (Å²) >= 11 is 0. The zero-order chi connectivity index (χ0) is 15.0. The van der Waals surface area contributed by atoms with Crippen LogP contribution in [0.2, 0.25) is 0 Å². The minimum absolute atomic E-state index is 0.0326. The van der Waals surface area contributed by atoms with E-state index in [0.717, 1.165) is 12.8 Å². The Morgan fingerprint density at radius 1 is 1.15 bits per heavy atom. The molecular formula is C15H28N2O3. The van der Waals surface area contributed by atoms with E-state index in [1.807, 2.05) is 13.8 Å². The first-order valence-corrected chi connectivity index (χ1v) is 7.78. The zero-order valence-electron chi connectivity index (χ0n) is 12.9.